The fourth-order valence-corrected chi connectivity index (χ4v) is 2.54. The van der Waals surface area contributed by atoms with Crippen molar-refractivity contribution in [3.8, 4) is 5.82 Å². The lowest BCUT2D eigenvalue weighted by Gasteiger charge is -2.11. The van der Waals surface area contributed by atoms with Crippen LogP contribution in [0.25, 0.3) is 5.82 Å². The first-order valence-corrected chi connectivity index (χ1v) is 7.18. The van der Waals surface area contributed by atoms with Gasteiger partial charge >= 0.3 is 0 Å². The second-order valence-corrected chi connectivity index (χ2v) is 5.20. The third-order valence-electron chi connectivity index (χ3n) is 3.74. The van der Waals surface area contributed by atoms with E-state index in [0.717, 1.165) is 31.4 Å². The summed E-state index contributed by atoms with van der Waals surface area (Å²) in [6, 6.07) is 5.56. The van der Waals surface area contributed by atoms with Crippen molar-refractivity contribution in [3.05, 3.63) is 41.9 Å². The summed E-state index contributed by atoms with van der Waals surface area (Å²) in [7, 11) is 0. The van der Waals surface area contributed by atoms with Crippen LogP contribution < -0.4 is 5.48 Å². The molecule has 2 heterocycles. The van der Waals surface area contributed by atoms with Crippen LogP contribution in [0.3, 0.4) is 0 Å². The molecule has 2 aromatic heterocycles. The van der Waals surface area contributed by atoms with Crippen LogP contribution in [0.15, 0.2) is 30.6 Å². The maximum absolute atomic E-state index is 12.2. The maximum atomic E-state index is 12.2. The highest BCUT2D eigenvalue weighted by Gasteiger charge is 2.19. The van der Waals surface area contributed by atoms with Crippen molar-refractivity contribution in [1.29, 1.82) is 0 Å². The monoisotopic (exact) mass is 286 g/mol. The van der Waals surface area contributed by atoms with Crippen LogP contribution in [-0.2, 0) is 4.84 Å². The Kier molecular flexibility index (Phi) is 3.96. The normalized spacial score (nSPS) is 15.3. The molecule has 1 aliphatic rings. The highest BCUT2D eigenvalue weighted by molar-refractivity contribution is 5.94. The van der Waals surface area contributed by atoms with Crippen LogP contribution in [-0.4, -0.2) is 26.8 Å². The molecule has 1 amide bonds. The minimum Gasteiger partial charge on any atom is -0.270 e. The van der Waals surface area contributed by atoms with Crippen LogP contribution in [0.5, 0.6) is 0 Å². The first kappa shape index (κ1) is 13.8. The van der Waals surface area contributed by atoms with E-state index in [2.05, 4.69) is 15.6 Å². The summed E-state index contributed by atoms with van der Waals surface area (Å²) in [6.45, 7) is 1.84. The SMILES string of the molecule is Cc1c(C(=O)NOC2CCCC2)cnn1-c1ccccn1. The molecule has 110 valence electrons. The lowest BCUT2D eigenvalue weighted by atomic mass is 10.2. The summed E-state index contributed by atoms with van der Waals surface area (Å²) in [5, 5.41) is 4.22. The standard InChI is InChI=1S/C15H18N4O2/c1-11-13(15(20)18-21-12-6-2-3-7-12)10-17-19(11)14-8-4-5-9-16-14/h4-5,8-10,12H,2-3,6-7H2,1H3,(H,18,20). The molecule has 0 atom stereocenters. The van der Waals surface area contributed by atoms with Crippen LogP contribution in [0.1, 0.15) is 41.7 Å². The smallest absolute Gasteiger partial charge is 0.270 e. The number of amides is 1. The molecule has 6 heteroatoms. The molecule has 2 aromatic rings. The molecule has 1 saturated carbocycles. The Morgan fingerprint density at radius 3 is 2.90 bits per heavy atom. The Balaban J connectivity index is 1.71. The fourth-order valence-electron chi connectivity index (χ4n) is 2.54. The van der Waals surface area contributed by atoms with Gasteiger partial charge in [0.25, 0.3) is 5.91 Å². The van der Waals surface area contributed by atoms with Gasteiger partial charge in [-0.15, -0.1) is 0 Å². The Morgan fingerprint density at radius 2 is 2.19 bits per heavy atom. The quantitative estimate of drug-likeness (QED) is 0.875. The summed E-state index contributed by atoms with van der Waals surface area (Å²) >= 11 is 0. The number of pyridine rings is 1. The van der Waals surface area contributed by atoms with Crippen molar-refractivity contribution >= 4 is 5.91 Å². The first-order valence-electron chi connectivity index (χ1n) is 7.18. The first-order chi connectivity index (χ1) is 10.3. The number of nitrogens with zero attached hydrogens (tertiary/aromatic N) is 3. The summed E-state index contributed by atoms with van der Waals surface area (Å²) in [6.07, 6.45) is 7.71. The number of rotatable bonds is 4. The Hall–Kier alpha value is -2.21. The van der Waals surface area contributed by atoms with Crippen molar-refractivity contribution < 1.29 is 9.63 Å². The van der Waals surface area contributed by atoms with Gasteiger partial charge in [-0.05, 0) is 31.9 Å². The van der Waals surface area contributed by atoms with Gasteiger partial charge in [-0.1, -0.05) is 18.9 Å². The molecule has 0 radical (unpaired) electrons. The fraction of sp³-hybridized carbons (Fsp3) is 0.400. The van der Waals surface area contributed by atoms with E-state index in [0.29, 0.717) is 11.4 Å². The summed E-state index contributed by atoms with van der Waals surface area (Å²) in [4.78, 5) is 21.8. The molecule has 3 rings (SSSR count). The molecule has 21 heavy (non-hydrogen) atoms. The predicted octanol–water partition coefficient (Wildman–Crippen LogP) is 2.18. The number of hydroxylamine groups is 1. The predicted molar refractivity (Wildman–Crippen MR) is 76.9 cm³/mol. The van der Waals surface area contributed by atoms with E-state index in [1.165, 1.54) is 6.20 Å². The zero-order chi connectivity index (χ0) is 14.7. The zero-order valence-electron chi connectivity index (χ0n) is 12.0. The number of hydrogen-bond acceptors (Lipinski definition) is 4. The molecule has 0 aliphatic heterocycles. The van der Waals surface area contributed by atoms with Crippen molar-refractivity contribution in [3.63, 3.8) is 0 Å². The largest absolute Gasteiger partial charge is 0.278 e. The Morgan fingerprint density at radius 1 is 1.38 bits per heavy atom. The molecule has 0 saturated heterocycles. The van der Waals surface area contributed by atoms with Crippen LogP contribution >= 0.6 is 0 Å². The second-order valence-electron chi connectivity index (χ2n) is 5.20. The highest BCUT2D eigenvalue weighted by Crippen LogP contribution is 2.20. The molecular formula is C15H18N4O2. The van der Waals surface area contributed by atoms with Crippen LogP contribution in [0, 0.1) is 6.92 Å². The van der Waals surface area contributed by atoms with E-state index < -0.39 is 0 Å². The lowest BCUT2D eigenvalue weighted by molar-refractivity contribution is -0.0125. The molecule has 6 nitrogen and oxygen atoms in total. The van der Waals surface area contributed by atoms with Gasteiger partial charge in [0, 0.05) is 6.20 Å². The Labute approximate surface area is 123 Å². The summed E-state index contributed by atoms with van der Waals surface area (Å²) < 4.78 is 1.64. The minimum absolute atomic E-state index is 0.139. The molecular weight excluding hydrogens is 268 g/mol. The highest BCUT2D eigenvalue weighted by atomic mass is 16.7. The van der Waals surface area contributed by atoms with E-state index in [-0.39, 0.29) is 12.0 Å². The van der Waals surface area contributed by atoms with E-state index in [1.807, 2.05) is 25.1 Å². The van der Waals surface area contributed by atoms with Crippen molar-refractivity contribution in [2.45, 2.75) is 38.7 Å². The van der Waals surface area contributed by atoms with Gasteiger partial charge in [0.2, 0.25) is 0 Å². The lowest BCUT2D eigenvalue weighted by Crippen LogP contribution is -2.28. The van der Waals surface area contributed by atoms with E-state index >= 15 is 0 Å². The molecule has 1 fully saturated rings. The second kappa shape index (κ2) is 6.05. The third kappa shape index (κ3) is 2.95. The van der Waals surface area contributed by atoms with Gasteiger partial charge in [-0.25, -0.2) is 15.1 Å². The number of nitrogens with one attached hydrogen (secondary N) is 1. The number of hydrogen-bond donors (Lipinski definition) is 1. The van der Waals surface area contributed by atoms with E-state index in [1.54, 1.807) is 10.9 Å². The van der Waals surface area contributed by atoms with Crippen molar-refractivity contribution in [1.82, 2.24) is 20.2 Å². The van der Waals surface area contributed by atoms with Gasteiger partial charge in [0.15, 0.2) is 5.82 Å². The van der Waals surface area contributed by atoms with Gasteiger partial charge < -0.3 is 0 Å². The Bertz CT molecular complexity index is 618. The van der Waals surface area contributed by atoms with Gasteiger partial charge in [0.1, 0.15) is 0 Å². The number of carbonyl (C=O) groups is 1. The average Bonchev–Trinajstić information content (AvgIpc) is 3.15. The summed E-state index contributed by atoms with van der Waals surface area (Å²) in [5.74, 6) is 0.423. The maximum Gasteiger partial charge on any atom is 0.278 e. The summed E-state index contributed by atoms with van der Waals surface area (Å²) in [5.41, 5.74) is 3.77. The molecule has 0 spiro atoms. The zero-order valence-corrected chi connectivity index (χ0v) is 12.0. The topological polar surface area (TPSA) is 69.0 Å². The van der Waals surface area contributed by atoms with Gasteiger partial charge in [-0.2, -0.15) is 5.10 Å². The minimum atomic E-state index is -0.262. The van der Waals surface area contributed by atoms with E-state index in [4.69, 9.17) is 4.84 Å². The van der Waals surface area contributed by atoms with Crippen molar-refractivity contribution in [2.75, 3.05) is 0 Å². The molecule has 1 aliphatic carbocycles. The number of aromatic nitrogens is 3. The van der Waals surface area contributed by atoms with Crippen molar-refractivity contribution in [2.24, 2.45) is 0 Å². The van der Waals surface area contributed by atoms with Crippen LogP contribution in [0.2, 0.25) is 0 Å². The molecule has 0 aromatic carbocycles. The van der Waals surface area contributed by atoms with Crippen LogP contribution in [0.4, 0.5) is 0 Å². The molecule has 0 bridgehead atoms. The molecule has 1 N–H and O–H groups in total. The average molecular weight is 286 g/mol. The van der Waals surface area contributed by atoms with Gasteiger partial charge in [-0.3, -0.25) is 9.63 Å². The molecule has 0 unspecified atom stereocenters. The number of carbonyl (C=O) groups excluding carboxylic acids is 1. The third-order valence-corrected chi connectivity index (χ3v) is 3.74. The van der Waals surface area contributed by atoms with Gasteiger partial charge in [0.05, 0.1) is 23.6 Å². The van der Waals surface area contributed by atoms with E-state index in [9.17, 15) is 4.79 Å².